The standard InChI is InChI=1S/C22H24N2O3S/c25-21(16-28-22-23-19-8-4-5-9-20(19)27-22)24-12-10-18(11-13-24)15-26-14-17-6-2-1-3-7-17/h1-9,18H,10-16H2. The average molecular weight is 397 g/mol. The second-order valence-electron chi connectivity index (χ2n) is 7.06. The van der Waals surface area contributed by atoms with Gasteiger partial charge in [0.15, 0.2) is 5.58 Å². The van der Waals surface area contributed by atoms with Crippen LogP contribution in [0.4, 0.5) is 0 Å². The Hall–Kier alpha value is -2.31. The molecule has 6 heteroatoms. The lowest BCUT2D eigenvalue weighted by atomic mass is 9.98. The maximum absolute atomic E-state index is 12.5. The van der Waals surface area contributed by atoms with Crippen LogP contribution in [-0.4, -0.2) is 41.2 Å². The van der Waals surface area contributed by atoms with Crippen LogP contribution in [0.3, 0.4) is 0 Å². The van der Waals surface area contributed by atoms with Crippen LogP contribution in [0.2, 0.25) is 0 Å². The number of fused-ring (bicyclic) bond motifs is 1. The molecular formula is C22H24N2O3S. The number of nitrogens with zero attached hydrogens (tertiary/aromatic N) is 2. The minimum atomic E-state index is 0.149. The largest absolute Gasteiger partial charge is 0.431 e. The Labute approximate surface area is 169 Å². The molecular weight excluding hydrogens is 372 g/mol. The third-order valence-electron chi connectivity index (χ3n) is 5.03. The van der Waals surface area contributed by atoms with Crippen LogP contribution in [0.25, 0.3) is 11.1 Å². The minimum absolute atomic E-state index is 0.149. The molecule has 1 fully saturated rings. The number of para-hydroxylation sites is 2. The molecule has 0 radical (unpaired) electrons. The van der Waals surface area contributed by atoms with E-state index >= 15 is 0 Å². The van der Waals surface area contributed by atoms with Crippen molar-refractivity contribution in [3.05, 3.63) is 60.2 Å². The molecule has 1 aromatic heterocycles. The van der Waals surface area contributed by atoms with Crippen molar-refractivity contribution in [1.29, 1.82) is 0 Å². The molecule has 146 valence electrons. The maximum Gasteiger partial charge on any atom is 0.257 e. The zero-order chi connectivity index (χ0) is 19.2. The predicted molar refractivity (Wildman–Crippen MR) is 110 cm³/mol. The first-order valence-corrected chi connectivity index (χ1v) is 10.6. The molecule has 0 N–H and O–H groups in total. The van der Waals surface area contributed by atoms with Gasteiger partial charge < -0.3 is 14.1 Å². The van der Waals surface area contributed by atoms with Crippen LogP contribution in [0.1, 0.15) is 18.4 Å². The first kappa shape index (κ1) is 19.0. The lowest BCUT2D eigenvalue weighted by Gasteiger charge is -2.31. The molecule has 2 aromatic carbocycles. The first-order chi connectivity index (χ1) is 13.8. The Morgan fingerprint density at radius 3 is 2.64 bits per heavy atom. The monoisotopic (exact) mass is 396 g/mol. The molecule has 5 nitrogen and oxygen atoms in total. The molecule has 1 aliphatic heterocycles. The Morgan fingerprint density at radius 1 is 1.11 bits per heavy atom. The second-order valence-corrected chi connectivity index (χ2v) is 7.99. The number of carbonyl (C=O) groups excluding carboxylic acids is 1. The second kappa shape index (κ2) is 9.26. The number of hydrogen-bond donors (Lipinski definition) is 0. The Balaban J connectivity index is 1.17. The molecule has 0 aliphatic carbocycles. The van der Waals surface area contributed by atoms with E-state index in [-0.39, 0.29) is 5.91 Å². The van der Waals surface area contributed by atoms with Crippen molar-refractivity contribution in [2.24, 2.45) is 5.92 Å². The van der Waals surface area contributed by atoms with Crippen molar-refractivity contribution in [3.8, 4) is 0 Å². The van der Waals surface area contributed by atoms with E-state index in [0.29, 0.717) is 23.5 Å². The predicted octanol–water partition coefficient (Wildman–Crippen LogP) is 4.38. The summed E-state index contributed by atoms with van der Waals surface area (Å²) >= 11 is 1.37. The van der Waals surface area contributed by atoms with E-state index in [9.17, 15) is 4.79 Å². The normalized spacial score (nSPS) is 15.2. The van der Waals surface area contributed by atoms with Gasteiger partial charge in [-0.25, -0.2) is 4.98 Å². The van der Waals surface area contributed by atoms with Gasteiger partial charge in [-0.05, 0) is 36.5 Å². The summed E-state index contributed by atoms with van der Waals surface area (Å²) in [6.07, 6.45) is 1.99. The summed E-state index contributed by atoms with van der Waals surface area (Å²) in [6, 6.07) is 17.9. The van der Waals surface area contributed by atoms with Crippen molar-refractivity contribution in [2.45, 2.75) is 24.7 Å². The topological polar surface area (TPSA) is 55.6 Å². The van der Waals surface area contributed by atoms with Crippen molar-refractivity contribution in [3.63, 3.8) is 0 Å². The molecule has 3 aromatic rings. The van der Waals surface area contributed by atoms with E-state index in [4.69, 9.17) is 9.15 Å². The fourth-order valence-corrected chi connectivity index (χ4v) is 4.14. The number of hydrogen-bond acceptors (Lipinski definition) is 5. The van der Waals surface area contributed by atoms with Crippen LogP contribution in [-0.2, 0) is 16.1 Å². The molecule has 0 atom stereocenters. The molecule has 0 spiro atoms. The van der Waals surface area contributed by atoms with Gasteiger partial charge in [0.2, 0.25) is 5.91 Å². The number of carbonyl (C=O) groups is 1. The third kappa shape index (κ3) is 4.94. The number of piperidine rings is 1. The molecule has 4 rings (SSSR count). The third-order valence-corrected chi connectivity index (χ3v) is 5.84. The van der Waals surface area contributed by atoms with Gasteiger partial charge in [-0.15, -0.1) is 0 Å². The fraction of sp³-hybridized carbons (Fsp3) is 0.364. The summed E-state index contributed by atoms with van der Waals surface area (Å²) in [5.74, 6) is 1.04. The van der Waals surface area contributed by atoms with Gasteiger partial charge in [-0.2, -0.15) is 0 Å². The number of oxazole rings is 1. The Morgan fingerprint density at radius 2 is 1.86 bits per heavy atom. The first-order valence-electron chi connectivity index (χ1n) is 9.66. The molecule has 0 saturated carbocycles. The fourth-order valence-electron chi connectivity index (χ4n) is 3.39. The van der Waals surface area contributed by atoms with Gasteiger partial charge in [0.05, 0.1) is 12.4 Å². The summed E-state index contributed by atoms with van der Waals surface area (Å²) in [6.45, 7) is 3.01. The highest BCUT2D eigenvalue weighted by Crippen LogP contribution is 2.24. The highest BCUT2D eigenvalue weighted by Gasteiger charge is 2.23. The van der Waals surface area contributed by atoms with Gasteiger partial charge in [-0.1, -0.05) is 54.2 Å². The SMILES string of the molecule is O=C(CSc1nc2ccccc2o1)N1CCC(COCc2ccccc2)CC1. The minimum Gasteiger partial charge on any atom is -0.431 e. The summed E-state index contributed by atoms with van der Waals surface area (Å²) in [7, 11) is 0. The van der Waals surface area contributed by atoms with Crippen LogP contribution < -0.4 is 0 Å². The Bertz CT molecular complexity index is 871. The van der Waals surface area contributed by atoms with E-state index in [1.807, 2.05) is 47.4 Å². The van der Waals surface area contributed by atoms with E-state index in [2.05, 4.69) is 17.1 Å². The smallest absolute Gasteiger partial charge is 0.257 e. The van der Waals surface area contributed by atoms with Gasteiger partial charge in [0, 0.05) is 19.7 Å². The Kier molecular flexibility index (Phi) is 6.29. The zero-order valence-corrected chi connectivity index (χ0v) is 16.6. The number of ether oxygens (including phenoxy) is 1. The number of amides is 1. The zero-order valence-electron chi connectivity index (χ0n) is 15.8. The summed E-state index contributed by atoms with van der Waals surface area (Å²) in [4.78, 5) is 18.9. The van der Waals surface area contributed by atoms with Crippen LogP contribution in [0, 0.1) is 5.92 Å². The van der Waals surface area contributed by atoms with Gasteiger partial charge in [-0.3, -0.25) is 4.79 Å². The average Bonchev–Trinajstić information content (AvgIpc) is 3.16. The van der Waals surface area contributed by atoms with Crippen molar-refractivity contribution >= 4 is 28.8 Å². The van der Waals surface area contributed by atoms with Crippen LogP contribution in [0.5, 0.6) is 0 Å². The lowest BCUT2D eigenvalue weighted by molar-refractivity contribution is -0.130. The molecule has 1 saturated heterocycles. The number of benzene rings is 2. The molecule has 28 heavy (non-hydrogen) atoms. The van der Waals surface area contributed by atoms with Crippen molar-refractivity contribution in [1.82, 2.24) is 9.88 Å². The molecule has 1 aliphatic rings. The van der Waals surface area contributed by atoms with E-state index in [1.165, 1.54) is 17.3 Å². The van der Waals surface area contributed by atoms with E-state index in [0.717, 1.165) is 43.6 Å². The lowest BCUT2D eigenvalue weighted by Crippen LogP contribution is -2.40. The highest BCUT2D eigenvalue weighted by atomic mass is 32.2. The maximum atomic E-state index is 12.5. The number of rotatable bonds is 7. The van der Waals surface area contributed by atoms with E-state index < -0.39 is 0 Å². The van der Waals surface area contributed by atoms with Gasteiger partial charge in [0.1, 0.15) is 5.52 Å². The molecule has 0 bridgehead atoms. The number of thioether (sulfide) groups is 1. The van der Waals surface area contributed by atoms with Gasteiger partial charge >= 0.3 is 0 Å². The van der Waals surface area contributed by atoms with Crippen molar-refractivity contribution < 1.29 is 13.9 Å². The quantitative estimate of drug-likeness (QED) is 0.555. The summed E-state index contributed by atoms with van der Waals surface area (Å²) in [5, 5.41) is 0.554. The van der Waals surface area contributed by atoms with Crippen LogP contribution in [0.15, 0.2) is 64.2 Å². The van der Waals surface area contributed by atoms with E-state index in [1.54, 1.807) is 0 Å². The number of likely N-dealkylation sites (tertiary alicyclic amines) is 1. The summed E-state index contributed by atoms with van der Waals surface area (Å²) < 4.78 is 11.5. The molecule has 0 unspecified atom stereocenters. The van der Waals surface area contributed by atoms with Crippen LogP contribution >= 0.6 is 11.8 Å². The number of aromatic nitrogens is 1. The van der Waals surface area contributed by atoms with Gasteiger partial charge in [0.25, 0.3) is 5.22 Å². The highest BCUT2D eigenvalue weighted by molar-refractivity contribution is 7.99. The molecule has 1 amide bonds. The molecule has 2 heterocycles. The van der Waals surface area contributed by atoms with Crippen molar-refractivity contribution in [2.75, 3.05) is 25.4 Å². The summed E-state index contributed by atoms with van der Waals surface area (Å²) in [5.41, 5.74) is 2.79.